The van der Waals surface area contributed by atoms with Crippen LogP contribution in [-0.2, 0) is 4.79 Å². The molecule has 0 atom stereocenters. The fourth-order valence-electron chi connectivity index (χ4n) is 3.63. The van der Waals surface area contributed by atoms with E-state index in [1.165, 1.54) is 17.0 Å². The van der Waals surface area contributed by atoms with Crippen molar-refractivity contribution in [2.45, 2.75) is 0 Å². The largest absolute Gasteiger partial charge is 0.454 e. The summed E-state index contributed by atoms with van der Waals surface area (Å²) in [6.07, 6.45) is 1.38. The summed E-state index contributed by atoms with van der Waals surface area (Å²) in [7, 11) is 0. The first-order valence-electron chi connectivity index (χ1n) is 10.1. The molecule has 0 spiro atoms. The number of aliphatic imine (C=N–C) groups is 1. The van der Waals surface area contributed by atoms with Crippen LogP contribution >= 0.6 is 11.8 Å². The first-order valence-corrected chi connectivity index (χ1v) is 10.9. The summed E-state index contributed by atoms with van der Waals surface area (Å²) in [5, 5.41) is 0.344. The van der Waals surface area contributed by atoms with Crippen LogP contribution in [0.5, 0.6) is 23.0 Å². The molecule has 0 aliphatic carbocycles. The standard InChI is InChI=1S/C24H14F2N2O5S/c25-14-2-1-13(17(26)8-14)7-22-23(29)28(16-4-6-19-21(10-16)33-12-31-19)24(34-22)27-15-3-5-18-20(9-15)32-11-30-18/h1-10H,11-12H2. The highest BCUT2D eigenvalue weighted by atomic mass is 32.2. The van der Waals surface area contributed by atoms with E-state index in [1.807, 2.05) is 0 Å². The lowest BCUT2D eigenvalue weighted by Crippen LogP contribution is -2.28. The average Bonchev–Trinajstić information content (AvgIpc) is 3.54. The predicted octanol–water partition coefficient (Wildman–Crippen LogP) is 5.23. The van der Waals surface area contributed by atoms with Gasteiger partial charge in [-0.15, -0.1) is 0 Å². The molecule has 7 nitrogen and oxygen atoms in total. The molecule has 1 amide bonds. The Morgan fingerprint density at radius 3 is 2.32 bits per heavy atom. The maximum atomic E-state index is 14.3. The van der Waals surface area contributed by atoms with Crippen LogP contribution in [0.3, 0.4) is 0 Å². The van der Waals surface area contributed by atoms with Gasteiger partial charge in [-0.3, -0.25) is 9.69 Å². The van der Waals surface area contributed by atoms with E-state index < -0.39 is 17.5 Å². The fourth-order valence-corrected chi connectivity index (χ4v) is 4.62. The molecule has 3 aliphatic heterocycles. The summed E-state index contributed by atoms with van der Waals surface area (Å²) in [5.74, 6) is 0.358. The van der Waals surface area contributed by atoms with E-state index >= 15 is 0 Å². The summed E-state index contributed by atoms with van der Waals surface area (Å²) in [4.78, 5) is 19.7. The van der Waals surface area contributed by atoms with Crippen molar-refractivity contribution in [3.05, 3.63) is 76.7 Å². The number of amides is 1. The highest BCUT2D eigenvalue weighted by Crippen LogP contribution is 2.42. The number of thioether (sulfide) groups is 1. The third kappa shape index (κ3) is 3.61. The minimum absolute atomic E-state index is 0.0900. The molecule has 1 saturated heterocycles. The second-order valence-electron chi connectivity index (χ2n) is 7.39. The molecular weight excluding hydrogens is 466 g/mol. The van der Waals surface area contributed by atoms with Crippen LogP contribution in [0.25, 0.3) is 6.08 Å². The Kier molecular flexibility index (Phi) is 4.88. The van der Waals surface area contributed by atoms with Gasteiger partial charge in [0.2, 0.25) is 13.6 Å². The number of carbonyl (C=O) groups excluding carboxylic acids is 1. The molecule has 3 aliphatic rings. The number of hydrogen-bond donors (Lipinski definition) is 0. The molecular formula is C24H14F2N2O5S. The zero-order chi connectivity index (χ0) is 23.2. The molecule has 3 heterocycles. The van der Waals surface area contributed by atoms with Crippen LogP contribution in [0.15, 0.2) is 64.5 Å². The van der Waals surface area contributed by atoms with Crippen molar-refractivity contribution in [2.24, 2.45) is 4.99 Å². The Morgan fingerprint density at radius 2 is 1.56 bits per heavy atom. The molecule has 0 aromatic heterocycles. The minimum atomic E-state index is -0.767. The van der Waals surface area contributed by atoms with E-state index in [0.717, 1.165) is 23.9 Å². The van der Waals surface area contributed by atoms with Gasteiger partial charge in [-0.05, 0) is 54.2 Å². The van der Waals surface area contributed by atoms with Crippen molar-refractivity contribution < 1.29 is 32.5 Å². The van der Waals surface area contributed by atoms with Gasteiger partial charge in [-0.2, -0.15) is 0 Å². The highest BCUT2D eigenvalue weighted by molar-refractivity contribution is 8.19. The summed E-state index contributed by atoms with van der Waals surface area (Å²) < 4.78 is 49.2. The first kappa shape index (κ1) is 20.5. The van der Waals surface area contributed by atoms with Gasteiger partial charge < -0.3 is 18.9 Å². The van der Waals surface area contributed by atoms with Crippen LogP contribution in [0, 0.1) is 11.6 Å². The summed E-state index contributed by atoms with van der Waals surface area (Å²) in [6, 6.07) is 13.5. The lowest BCUT2D eigenvalue weighted by Gasteiger charge is -2.16. The number of benzene rings is 3. The Labute approximate surface area is 196 Å². The Bertz CT molecular complexity index is 1410. The zero-order valence-corrected chi connectivity index (χ0v) is 18.1. The van der Waals surface area contributed by atoms with Gasteiger partial charge >= 0.3 is 0 Å². The van der Waals surface area contributed by atoms with Crippen molar-refractivity contribution >= 4 is 40.3 Å². The number of nitrogens with zero attached hydrogens (tertiary/aromatic N) is 2. The van der Waals surface area contributed by atoms with Gasteiger partial charge in [-0.1, -0.05) is 0 Å². The molecule has 3 aromatic carbocycles. The molecule has 10 heteroatoms. The molecule has 3 aromatic rings. The van der Waals surface area contributed by atoms with E-state index in [0.29, 0.717) is 39.5 Å². The first-order chi connectivity index (χ1) is 16.5. The molecule has 34 heavy (non-hydrogen) atoms. The smallest absolute Gasteiger partial charge is 0.271 e. The molecule has 6 rings (SSSR count). The maximum Gasteiger partial charge on any atom is 0.271 e. The van der Waals surface area contributed by atoms with Crippen molar-refractivity contribution in [1.29, 1.82) is 0 Å². The van der Waals surface area contributed by atoms with Crippen LogP contribution in [-0.4, -0.2) is 24.7 Å². The van der Waals surface area contributed by atoms with Gasteiger partial charge in [0.1, 0.15) is 11.6 Å². The third-order valence-corrected chi connectivity index (χ3v) is 6.22. The van der Waals surface area contributed by atoms with Crippen LogP contribution in [0.2, 0.25) is 0 Å². The summed E-state index contributed by atoms with van der Waals surface area (Å²) in [5.41, 5.74) is 1.14. The van der Waals surface area contributed by atoms with E-state index in [1.54, 1.807) is 36.4 Å². The number of rotatable bonds is 3. The number of hydrogen-bond acceptors (Lipinski definition) is 7. The van der Waals surface area contributed by atoms with Crippen LogP contribution in [0.1, 0.15) is 5.56 Å². The van der Waals surface area contributed by atoms with E-state index in [-0.39, 0.29) is 24.1 Å². The number of fused-ring (bicyclic) bond motifs is 2. The van der Waals surface area contributed by atoms with Crippen molar-refractivity contribution in [3.8, 4) is 23.0 Å². The van der Waals surface area contributed by atoms with E-state index in [9.17, 15) is 13.6 Å². The van der Waals surface area contributed by atoms with Gasteiger partial charge in [0.25, 0.3) is 5.91 Å². The highest BCUT2D eigenvalue weighted by Gasteiger charge is 2.36. The summed E-state index contributed by atoms with van der Waals surface area (Å²) in [6.45, 7) is 0.219. The van der Waals surface area contributed by atoms with Crippen LogP contribution in [0.4, 0.5) is 20.2 Å². The van der Waals surface area contributed by atoms with E-state index in [4.69, 9.17) is 18.9 Å². The lowest BCUT2D eigenvalue weighted by molar-refractivity contribution is -0.113. The maximum absolute atomic E-state index is 14.3. The molecule has 0 N–H and O–H groups in total. The number of ether oxygens (including phenoxy) is 4. The fraction of sp³-hybridized carbons (Fsp3) is 0.0833. The van der Waals surface area contributed by atoms with Crippen molar-refractivity contribution in [2.75, 3.05) is 18.5 Å². The second-order valence-corrected chi connectivity index (χ2v) is 8.40. The SMILES string of the molecule is O=C1C(=Cc2ccc(F)cc2F)SC(=Nc2ccc3c(c2)OCO3)N1c1ccc2c(c1)OCO2. The normalized spacial score (nSPS) is 18.4. The quantitative estimate of drug-likeness (QED) is 0.478. The number of halogens is 2. The topological polar surface area (TPSA) is 69.6 Å². The van der Waals surface area contributed by atoms with Gasteiger partial charge in [0, 0.05) is 23.8 Å². The number of carbonyl (C=O) groups is 1. The third-order valence-electron chi connectivity index (χ3n) is 5.25. The van der Waals surface area contributed by atoms with Crippen molar-refractivity contribution in [3.63, 3.8) is 0 Å². The van der Waals surface area contributed by atoms with E-state index in [2.05, 4.69) is 4.99 Å². The molecule has 0 radical (unpaired) electrons. The summed E-state index contributed by atoms with van der Waals surface area (Å²) >= 11 is 1.07. The lowest BCUT2D eigenvalue weighted by atomic mass is 10.2. The molecule has 170 valence electrons. The second kappa shape index (κ2) is 8.07. The Hall–Kier alpha value is -4.05. The predicted molar refractivity (Wildman–Crippen MR) is 122 cm³/mol. The molecule has 1 fully saturated rings. The monoisotopic (exact) mass is 480 g/mol. The number of anilines is 1. The van der Waals surface area contributed by atoms with Gasteiger partial charge in [0.15, 0.2) is 28.2 Å². The average molecular weight is 480 g/mol. The van der Waals surface area contributed by atoms with Crippen LogP contribution < -0.4 is 23.8 Å². The molecule has 0 bridgehead atoms. The van der Waals surface area contributed by atoms with Crippen molar-refractivity contribution in [1.82, 2.24) is 0 Å². The molecule has 0 unspecified atom stereocenters. The Morgan fingerprint density at radius 1 is 0.853 bits per heavy atom. The minimum Gasteiger partial charge on any atom is -0.454 e. The van der Waals surface area contributed by atoms with Gasteiger partial charge in [0.05, 0.1) is 16.3 Å². The molecule has 0 saturated carbocycles. The Balaban J connectivity index is 1.43. The number of amidine groups is 1. The van der Waals surface area contributed by atoms with Gasteiger partial charge in [-0.25, -0.2) is 13.8 Å². The zero-order valence-electron chi connectivity index (χ0n) is 17.3.